The number of benzene rings is 1. The minimum absolute atomic E-state index is 0.0311. The second-order valence-corrected chi connectivity index (χ2v) is 4.49. The first-order valence-electron chi connectivity index (χ1n) is 4.75. The number of carbonyl (C=O) groups is 2. The van der Waals surface area contributed by atoms with Gasteiger partial charge in [0.1, 0.15) is 5.75 Å². The first-order chi connectivity index (χ1) is 8.34. The zero-order chi connectivity index (χ0) is 13.8. The van der Waals surface area contributed by atoms with Gasteiger partial charge in [-0.15, -0.1) is 0 Å². The first kappa shape index (κ1) is 14.0. The van der Waals surface area contributed by atoms with Crippen LogP contribution in [-0.4, -0.2) is 27.4 Å². The summed E-state index contributed by atoms with van der Waals surface area (Å²) in [5.74, 6) is -0.187. The van der Waals surface area contributed by atoms with E-state index in [9.17, 15) is 18.0 Å². The molecule has 18 heavy (non-hydrogen) atoms. The number of nitrogens with one attached hydrogen (secondary N) is 1. The zero-order valence-corrected chi connectivity index (χ0v) is 10.5. The molecule has 0 bridgehead atoms. The van der Waals surface area contributed by atoms with Crippen molar-refractivity contribution in [2.24, 2.45) is 0 Å². The molecule has 0 unspecified atom stereocenters. The number of hydrogen-bond donors (Lipinski definition) is 1. The molecule has 0 aliphatic rings. The molecule has 1 rings (SSSR count). The third-order valence-electron chi connectivity index (χ3n) is 1.86. The molecule has 0 spiro atoms. The smallest absolute Gasteiger partial charge is 0.423 e. The second-order valence-electron chi connectivity index (χ2n) is 3.21. The molecule has 0 aromatic heterocycles. The zero-order valence-electron chi connectivity index (χ0n) is 9.67. The lowest BCUT2D eigenvalue weighted by Gasteiger charge is -2.07. The van der Waals surface area contributed by atoms with E-state index in [1.54, 1.807) is 0 Å². The van der Waals surface area contributed by atoms with E-state index in [0.29, 0.717) is 5.56 Å². The van der Waals surface area contributed by atoms with Gasteiger partial charge in [0.2, 0.25) is 0 Å². The second kappa shape index (κ2) is 5.50. The van der Waals surface area contributed by atoms with E-state index in [2.05, 4.69) is 8.92 Å². The van der Waals surface area contributed by atoms with E-state index < -0.39 is 16.4 Å². The molecule has 8 heteroatoms. The van der Waals surface area contributed by atoms with Crippen molar-refractivity contribution in [1.29, 1.82) is 0 Å². The predicted octanol–water partition coefficient (Wildman–Crippen LogP) is 0.869. The molecule has 1 aromatic rings. The van der Waals surface area contributed by atoms with Gasteiger partial charge in [-0.2, -0.15) is 13.1 Å². The third kappa shape index (κ3) is 4.06. The van der Waals surface area contributed by atoms with Crippen LogP contribution in [0.25, 0.3) is 0 Å². The highest BCUT2D eigenvalue weighted by atomic mass is 32.2. The van der Waals surface area contributed by atoms with Crippen molar-refractivity contribution in [2.45, 2.75) is 6.92 Å². The van der Waals surface area contributed by atoms with Crippen LogP contribution in [0.2, 0.25) is 0 Å². The quantitative estimate of drug-likeness (QED) is 0.817. The maximum Gasteiger partial charge on any atom is 0.423 e. The lowest BCUT2D eigenvalue weighted by atomic mass is 10.1. The summed E-state index contributed by atoms with van der Waals surface area (Å²) >= 11 is 0. The molecule has 0 aliphatic heterocycles. The summed E-state index contributed by atoms with van der Waals surface area (Å²) < 4.78 is 32.8. The lowest BCUT2D eigenvalue weighted by Crippen LogP contribution is -2.33. The number of ketones is 1. The molecule has 1 N–H and O–H groups in total. The van der Waals surface area contributed by atoms with Crippen LogP contribution < -0.4 is 8.91 Å². The van der Waals surface area contributed by atoms with E-state index in [1.165, 1.54) is 35.9 Å². The number of rotatable bonds is 4. The van der Waals surface area contributed by atoms with Crippen molar-refractivity contribution >= 4 is 22.2 Å². The SMILES string of the molecule is COC(=O)NS(=O)(=O)Oc1ccc(C(C)=O)cc1. The van der Waals surface area contributed by atoms with Crippen LogP contribution in [0.1, 0.15) is 17.3 Å². The van der Waals surface area contributed by atoms with Gasteiger partial charge >= 0.3 is 16.4 Å². The van der Waals surface area contributed by atoms with Crippen molar-refractivity contribution in [3.8, 4) is 5.75 Å². The molecule has 1 aromatic carbocycles. The van der Waals surface area contributed by atoms with E-state index in [1.807, 2.05) is 0 Å². The van der Waals surface area contributed by atoms with E-state index in [4.69, 9.17) is 0 Å². The van der Waals surface area contributed by atoms with Gasteiger partial charge in [-0.1, -0.05) is 0 Å². The Labute approximate surface area is 104 Å². The Hall–Kier alpha value is -2.09. The minimum Gasteiger partial charge on any atom is -0.452 e. The van der Waals surface area contributed by atoms with Crippen molar-refractivity contribution in [3.63, 3.8) is 0 Å². The minimum atomic E-state index is -4.29. The molecule has 0 heterocycles. The summed E-state index contributed by atoms with van der Waals surface area (Å²) in [5.41, 5.74) is 0.417. The Morgan fingerprint density at radius 3 is 2.17 bits per heavy atom. The van der Waals surface area contributed by atoms with Crippen LogP contribution in [0.3, 0.4) is 0 Å². The van der Waals surface area contributed by atoms with Crippen LogP contribution in [-0.2, 0) is 15.0 Å². The van der Waals surface area contributed by atoms with Gasteiger partial charge in [0.25, 0.3) is 0 Å². The van der Waals surface area contributed by atoms with Crippen molar-refractivity contribution in [3.05, 3.63) is 29.8 Å². The highest BCUT2D eigenvalue weighted by Gasteiger charge is 2.16. The Bertz CT molecular complexity index is 548. The van der Waals surface area contributed by atoms with Gasteiger partial charge in [-0.3, -0.25) is 4.79 Å². The van der Waals surface area contributed by atoms with Crippen molar-refractivity contribution in [2.75, 3.05) is 7.11 Å². The average Bonchev–Trinajstić information content (AvgIpc) is 2.28. The summed E-state index contributed by atoms with van der Waals surface area (Å²) in [7, 11) is -3.27. The lowest BCUT2D eigenvalue weighted by molar-refractivity contribution is 0.101. The van der Waals surface area contributed by atoms with E-state index in [-0.39, 0.29) is 11.5 Å². The van der Waals surface area contributed by atoms with Gasteiger partial charge in [-0.25, -0.2) is 4.79 Å². The molecule has 98 valence electrons. The Morgan fingerprint density at radius 1 is 1.17 bits per heavy atom. The molecule has 7 nitrogen and oxygen atoms in total. The first-order valence-corrected chi connectivity index (χ1v) is 6.16. The number of Topliss-reactive ketones (excluding diaryl/α,β-unsaturated/α-hetero) is 1. The Balaban J connectivity index is 2.78. The molecule has 0 fully saturated rings. The number of amides is 1. The number of ether oxygens (including phenoxy) is 1. The van der Waals surface area contributed by atoms with Crippen LogP contribution in [0, 0.1) is 0 Å². The molecule has 0 atom stereocenters. The monoisotopic (exact) mass is 273 g/mol. The van der Waals surface area contributed by atoms with Crippen LogP contribution in [0.15, 0.2) is 24.3 Å². The molecule has 1 amide bonds. The van der Waals surface area contributed by atoms with Gasteiger partial charge in [0, 0.05) is 5.56 Å². The average molecular weight is 273 g/mol. The van der Waals surface area contributed by atoms with Crippen LogP contribution >= 0.6 is 0 Å². The van der Waals surface area contributed by atoms with Gasteiger partial charge in [0.05, 0.1) is 7.11 Å². The summed E-state index contributed by atoms with van der Waals surface area (Å²) in [6.45, 7) is 1.38. The van der Waals surface area contributed by atoms with Crippen molar-refractivity contribution in [1.82, 2.24) is 4.72 Å². The summed E-state index contributed by atoms with van der Waals surface area (Å²) in [6, 6.07) is 5.41. The number of methoxy groups -OCH3 is 1. The number of hydrogen-bond acceptors (Lipinski definition) is 6. The standard InChI is InChI=1S/C10H11NO6S/c1-7(12)8-3-5-9(6-4-8)17-18(14,15)11-10(13)16-2/h3-6H,1-2H3,(H,11,13). The molecule has 0 radical (unpaired) electrons. The van der Waals surface area contributed by atoms with E-state index >= 15 is 0 Å². The normalized spacial score (nSPS) is 10.6. The van der Waals surface area contributed by atoms with Crippen LogP contribution in [0.5, 0.6) is 5.75 Å². The highest BCUT2D eigenvalue weighted by Crippen LogP contribution is 2.14. The Kier molecular flexibility index (Phi) is 4.27. The van der Waals surface area contributed by atoms with Gasteiger partial charge in [-0.05, 0) is 31.2 Å². The molecule has 0 aliphatic carbocycles. The topological polar surface area (TPSA) is 98.8 Å². The summed E-state index contributed by atoms with van der Waals surface area (Å²) in [6.07, 6.45) is -1.16. The molecular weight excluding hydrogens is 262 g/mol. The van der Waals surface area contributed by atoms with E-state index in [0.717, 1.165) is 7.11 Å². The molecule has 0 saturated heterocycles. The summed E-state index contributed by atoms with van der Waals surface area (Å²) in [5, 5.41) is 0. The fourth-order valence-electron chi connectivity index (χ4n) is 1.04. The Morgan fingerprint density at radius 2 is 1.72 bits per heavy atom. The highest BCUT2D eigenvalue weighted by molar-refractivity contribution is 7.85. The van der Waals surface area contributed by atoms with Crippen LogP contribution in [0.4, 0.5) is 4.79 Å². The fraction of sp³-hybridized carbons (Fsp3) is 0.200. The molecular formula is C10H11NO6S. The fourth-order valence-corrected chi connectivity index (χ4v) is 1.73. The largest absolute Gasteiger partial charge is 0.452 e. The van der Waals surface area contributed by atoms with Gasteiger partial charge < -0.3 is 8.92 Å². The predicted molar refractivity (Wildman–Crippen MR) is 61.5 cm³/mol. The third-order valence-corrected chi connectivity index (χ3v) is 2.69. The maximum absolute atomic E-state index is 11.3. The summed E-state index contributed by atoms with van der Waals surface area (Å²) in [4.78, 5) is 21.7. The van der Waals surface area contributed by atoms with Gasteiger partial charge in [0.15, 0.2) is 5.78 Å². The number of carbonyl (C=O) groups excluding carboxylic acids is 2. The van der Waals surface area contributed by atoms with Crippen molar-refractivity contribution < 1.29 is 26.9 Å². The molecule has 0 saturated carbocycles. The maximum atomic E-state index is 11.3.